The lowest BCUT2D eigenvalue weighted by atomic mass is 10.1. The Balaban J connectivity index is 1.82. The van der Waals surface area contributed by atoms with Crippen molar-refractivity contribution in [3.63, 3.8) is 0 Å². The van der Waals surface area contributed by atoms with E-state index in [0.29, 0.717) is 28.7 Å². The maximum Gasteiger partial charge on any atom is 0.417 e. The minimum atomic E-state index is -4.43. The Morgan fingerprint density at radius 3 is 2.39 bits per heavy atom. The van der Waals surface area contributed by atoms with Crippen molar-refractivity contribution in [3.05, 3.63) is 70.9 Å². The number of hydrogen-bond acceptors (Lipinski definition) is 3. The summed E-state index contributed by atoms with van der Waals surface area (Å²) in [4.78, 5) is 2.63. The van der Waals surface area contributed by atoms with Gasteiger partial charge in [-0.3, -0.25) is 0 Å². The predicted octanol–water partition coefficient (Wildman–Crippen LogP) is 5.92. The molecule has 0 amide bonds. The van der Waals surface area contributed by atoms with Gasteiger partial charge in [-0.15, -0.1) is 0 Å². The monoisotopic (exact) mass is 411 g/mol. The Labute approximate surface area is 164 Å². The summed E-state index contributed by atoms with van der Waals surface area (Å²) in [6.45, 7) is 0.251. The van der Waals surface area contributed by atoms with Crippen molar-refractivity contribution in [2.45, 2.75) is 12.8 Å². The molecule has 1 N–H and O–H groups in total. The molecule has 1 heterocycles. The van der Waals surface area contributed by atoms with Gasteiger partial charge in [-0.1, -0.05) is 23.7 Å². The number of aromatic nitrogens is 1. The van der Waals surface area contributed by atoms with Crippen LogP contribution in [-0.2, 0) is 17.5 Å². The Morgan fingerprint density at radius 2 is 1.75 bits per heavy atom. The number of rotatable bonds is 7. The van der Waals surface area contributed by atoms with Crippen LogP contribution in [0.3, 0.4) is 0 Å². The van der Waals surface area contributed by atoms with Crippen LogP contribution in [0.1, 0.15) is 11.1 Å². The molecule has 0 aliphatic heterocycles. The fraction of sp³-hybridized carbons (Fsp3) is 0.200. The third kappa shape index (κ3) is 4.99. The van der Waals surface area contributed by atoms with E-state index in [1.54, 1.807) is 30.3 Å². The van der Waals surface area contributed by atoms with Crippen LogP contribution in [0.4, 0.5) is 13.2 Å². The van der Waals surface area contributed by atoms with Crippen molar-refractivity contribution in [3.8, 4) is 22.8 Å². The molecule has 0 saturated carbocycles. The molecule has 28 heavy (non-hydrogen) atoms. The van der Waals surface area contributed by atoms with E-state index in [4.69, 9.17) is 25.8 Å². The Kier molecular flexibility index (Phi) is 6.16. The van der Waals surface area contributed by atoms with Crippen LogP contribution >= 0.6 is 11.6 Å². The summed E-state index contributed by atoms with van der Waals surface area (Å²) in [7, 11) is 1.46. The van der Waals surface area contributed by atoms with E-state index >= 15 is 0 Å². The summed E-state index contributed by atoms with van der Waals surface area (Å²) in [5, 5.41) is 0.632. The van der Waals surface area contributed by atoms with Gasteiger partial charge in [-0.05, 0) is 35.9 Å². The minimum Gasteiger partial charge on any atom is -0.489 e. The van der Waals surface area contributed by atoms with E-state index in [0.717, 1.165) is 17.8 Å². The molecule has 3 rings (SSSR count). The van der Waals surface area contributed by atoms with Crippen LogP contribution < -0.4 is 9.47 Å². The molecule has 0 aliphatic carbocycles. The van der Waals surface area contributed by atoms with Gasteiger partial charge in [0.15, 0.2) is 6.79 Å². The van der Waals surface area contributed by atoms with E-state index in [9.17, 15) is 13.2 Å². The number of alkyl halides is 3. The molecule has 1 aromatic heterocycles. The molecule has 0 fully saturated rings. The van der Waals surface area contributed by atoms with Crippen LogP contribution in [0.5, 0.6) is 11.5 Å². The number of ether oxygens (including phenoxy) is 3. The fourth-order valence-electron chi connectivity index (χ4n) is 2.52. The minimum absolute atomic E-state index is 0.0551. The lowest BCUT2D eigenvalue weighted by Gasteiger charge is -2.13. The lowest BCUT2D eigenvalue weighted by molar-refractivity contribution is -0.137. The SMILES string of the molecule is COCOc1cc(OCc2ccc(Cl)cc2)ccc1-c1cc(C(F)(F)F)c[nH]1. The van der Waals surface area contributed by atoms with Crippen molar-refractivity contribution >= 4 is 11.6 Å². The van der Waals surface area contributed by atoms with E-state index in [1.165, 1.54) is 7.11 Å². The fourth-order valence-corrected chi connectivity index (χ4v) is 2.64. The average Bonchev–Trinajstić information content (AvgIpc) is 3.16. The van der Waals surface area contributed by atoms with Crippen molar-refractivity contribution in [1.82, 2.24) is 4.98 Å². The molecule has 0 aliphatic rings. The molecule has 0 atom stereocenters. The quantitative estimate of drug-likeness (QED) is 0.491. The molecule has 0 bridgehead atoms. The van der Waals surface area contributed by atoms with Crippen LogP contribution in [0.25, 0.3) is 11.3 Å². The Bertz CT molecular complexity index is 923. The number of nitrogens with one attached hydrogen (secondary N) is 1. The Morgan fingerprint density at radius 1 is 1.00 bits per heavy atom. The summed E-state index contributed by atoms with van der Waals surface area (Å²) >= 11 is 5.86. The van der Waals surface area contributed by atoms with Crippen LogP contribution in [-0.4, -0.2) is 18.9 Å². The van der Waals surface area contributed by atoms with Crippen molar-refractivity contribution in [2.75, 3.05) is 13.9 Å². The summed E-state index contributed by atoms with van der Waals surface area (Å²) in [5.74, 6) is 0.846. The smallest absolute Gasteiger partial charge is 0.417 e. The summed E-state index contributed by atoms with van der Waals surface area (Å²) < 4.78 is 54.8. The highest BCUT2D eigenvalue weighted by molar-refractivity contribution is 6.30. The van der Waals surface area contributed by atoms with Gasteiger partial charge in [0.05, 0.1) is 5.56 Å². The van der Waals surface area contributed by atoms with E-state index in [2.05, 4.69) is 4.98 Å². The maximum atomic E-state index is 12.9. The number of benzene rings is 2. The molecule has 3 aromatic rings. The van der Waals surface area contributed by atoms with Gasteiger partial charge in [0.1, 0.15) is 18.1 Å². The summed E-state index contributed by atoms with van der Waals surface area (Å²) in [5.41, 5.74) is 0.907. The zero-order valence-electron chi connectivity index (χ0n) is 14.8. The zero-order chi connectivity index (χ0) is 20.1. The molecule has 0 unspecified atom stereocenters. The van der Waals surface area contributed by atoms with Crippen molar-refractivity contribution in [2.24, 2.45) is 0 Å². The van der Waals surface area contributed by atoms with Gasteiger partial charge in [0.2, 0.25) is 0 Å². The molecule has 8 heteroatoms. The number of H-pyrrole nitrogens is 1. The van der Waals surface area contributed by atoms with Crippen LogP contribution in [0.15, 0.2) is 54.7 Å². The lowest BCUT2D eigenvalue weighted by Crippen LogP contribution is -2.02. The van der Waals surface area contributed by atoms with Crippen molar-refractivity contribution < 1.29 is 27.4 Å². The van der Waals surface area contributed by atoms with Gasteiger partial charge in [0, 0.05) is 35.7 Å². The summed E-state index contributed by atoms with van der Waals surface area (Å²) in [6, 6.07) is 13.2. The highest BCUT2D eigenvalue weighted by atomic mass is 35.5. The molecule has 0 saturated heterocycles. The average molecular weight is 412 g/mol. The second-order valence-corrected chi connectivity index (χ2v) is 6.36. The molecule has 0 radical (unpaired) electrons. The van der Waals surface area contributed by atoms with Crippen LogP contribution in [0.2, 0.25) is 5.02 Å². The normalized spacial score (nSPS) is 11.5. The first-order valence-corrected chi connectivity index (χ1v) is 8.63. The number of methoxy groups -OCH3 is 1. The van der Waals surface area contributed by atoms with Gasteiger partial charge in [0.25, 0.3) is 0 Å². The van der Waals surface area contributed by atoms with Crippen LogP contribution in [0, 0.1) is 0 Å². The predicted molar refractivity (Wildman–Crippen MR) is 99.5 cm³/mol. The second-order valence-electron chi connectivity index (χ2n) is 5.92. The van der Waals surface area contributed by atoms with Gasteiger partial charge in [-0.2, -0.15) is 13.2 Å². The number of aromatic amines is 1. The second kappa shape index (κ2) is 8.58. The van der Waals surface area contributed by atoms with Gasteiger partial charge >= 0.3 is 6.18 Å². The topological polar surface area (TPSA) is 43.5 Å². The molecule has 0 spiro atoms. The Hall–Kier alpha value is -2.64. The highest BCUT2D eigenvalue weighted by Gasteiger charge is 2.32. The van der Waals surface area contributed by atoms with Gasteiger partial charge in [-0.25, -0.2) is 0 Å². The molecule has 4 nitrogen and oxygen atoms in total. The maximum absolute atomic E-state index is 12.9. The largest absolute Gasteiger partial charge is 0.489 e. The standard InChI is InChI=1S/C20H17ClF3NO3/c1-26-12-28-19-9-16(27-11-13-2-4-15(21)5-3-13)6-7-17(19)18-8-14(10-25-18)20(22,23)24/h2-10,25H,11-12H2,1H3. The van der Waals surface area contributed by atoms with E-state index < -0.39 is 11.7 Å². The molecule has 148 valence electrons. The molecule has 2 aromatic carbocycles. The van der Waals surface area contributed by atoms with Crippen molar-refractivity contribution in [1.29, 1.82) is 0 Å². The molecular weight excluding hydrogens is 395 g/mol. The van der Waals surface area contributed by atoms with Gasteiger partial charge < -0.3 is 19.2 Å². The summed E-state index contributed by atoms with van der Waals surface area (Å²) in [6.07, 6.45) is -3.51. The first-order chi connectivity index (χ1) is 13.4. The van der Waals surface area contributed by atoms with E-state index in [-0.39, 0.29) is 12.5 Å². The first kappa shape index (κ1) is 20.1. The number of hydrogen-bond donors (Lipinski definition) is 1. The third-order valence-corrected chi connectivity index (χ3v) is 4.16. The third-order valence-electron chi connectivity index (χ3n) is 3.90. The van der Waals surface area contributed by atoms with E-state index in [1.807, 2.05) is 12.1 Å². The highest BCUT2D eigenvalue weighted by Crippen LogP contribution is 2.37. The zero-order valence-corrected chi connectivity index (χ0v) is 15.6. The first-order valence-electron chi connectivity index (χ1n) is 8.26. The molecular formula is C20H17ClF3NO3. The number of halogens is 4.